The van der Waals surface area contributed by atoms with Gasteiger partial charge < -0.3 is 19.5 Å². The predicted octanol–water partition coefficient (Wildman–Crippen LogP) is 3.91. The Bertz CT molecular complexity index is 1420. The molecule has 1 N–H and O–H groups in total. The van der Waals surface area contributed by atoms with Gasteiger partial charge in [-0.05, 0) is 55.0 Å². The van der Waals surface area contributed by atoms with E-state index in [2.05, 4.69) is 32.3 Å². The minimum atomic E-state index is -0.500. The molecule has 0 unspecified atom stereocenters. The molecule has 1 saturated heterocycles. The fourth-order valence-electron chi connectivity index (χ4n) is 4.20. The number of hydrogen-bond acceptors (Lipinski definition) is 6. The van der Waals surface area contributed by atoms with Crippen LogP contribution in [0, 0.1) is 12.7 Å². The zero-order valence-electron chi connectivity index (χ0n) is 19.9. The number of para-hydroxylation sites is 1. The third-order valence-corrected chi connectivity index (χ3v) is 6.22. The van der Waals surface area contributed by atoms with Crippen molar-refractivity contribution in [1.29, 1.82) is 0 Å². The van der Waals surface area contributed by atoms with Crippen LogP contribution in [0.5, 0.6) is 0 Å². The van der Waals surface area contributed by atoms with E-state index in [1.165, 1.54) is 34.6 Å². The Morgan fingerprint density at radius 1 is 0.972 bits per heavy atom. The quantitative estimate of drug-likeness (QED) is 0.444. The number of carbonyl (C=O) groups is 1. The molecule has 8 nitrogen and oxygen atoms in total. The van der Waals surface area contributed by atoms with E-state index >= 15 is 0 Å². The van der Waals surface area contributed by atoms with Gasteiger partial charge in [0.25, 0.3) is 11.5 Å². The van der Waals surface area contributed by atoms with Gasteiger partial charge in [-0.3, -0.25) is 9.59 Å². The maximum absolute atomic E-state index is 13.5. The molecule has 0 aliphatic carbocycles. The molecule has 0 radical (unpaired) electrons. The van der Waals surface area contributed by atoms with E-state index in [9.17, 15) is 14.0 Å². The van der Waals surface area contributed by atoms with Crippen molar-refractivity contribution < 1.29 is 13.6 Å². The zero-order chi connectivity index (χ0) is 25.1. The molecule has 1 fully saturated rings. The van der Waals surface area contributed by atoms with Crippen molar-refractivity contribution >= 4 is 23.1 Å². The van der Waals surface area contributed by atoms with Crippen molar-refractivity contribution in [2.75, 3.05) is 41.3 Å². The zero-order valence-corrected chi connectivity index (χ0v) is 19.9. The number of benzene rings is 2. The maximum atomic E-state index is 13.5. The minimum Gasteiger partial charge on any atom is -0.454 e. The Labute approximate surface area is 207 Å². The molecule has 0 bridgehead atoms. The first-order valence-electron chi connectivity index (χ1n) is 11.8. The second kappa shape index (κ2) is 10.1. The Balaban J connectivity index is 1.25. The monoisotopic (exact) mass is 487 g/mol. The number of carbonyl (C=O) groups excluding carboxylic acids is 1. The molecule has 2 aromatic carbocycles. The summed E-state index contributed by atoms with van der Waals surface area (Å²) in [5, 5.41) is 7.20. The highest BCUT2D eigenvalue weighted by atomic mass is 19.1. The van der Waals surface area contributed by atoms with Crippen LogP contribution in [0.3, 0.4) is 0 Å². The number of rotatable bonds is 6. The Hall–Kier alpha value is -4.40. The highest BCUT2D eigenvalue weighted by Gasteiger charge is 2.19. The van der Waals surface area contributed by atoms with E-state index in [4.69, 9.17) is 4.42 Å². The molecule has 0 spiro atoms. The summed E-state index contributed by atoms with van der Waals surface area (Å²) in [4.78, 5) is 29.5. The second-order valence-electron chi connectivity index (χ2n) is 8.68. The fraction of sp³-hybridized carbons (Fsp3) is 0.222. The van der Waals surface area contributed by atoms with Crippen molar-refractivity contribution in [1.82, 2.24) is 9.78 Å². The first kappa shape index (κ1) is 23.3. The Morgan fingerprint density at radius 3 is 2.50 bits per heavy atom. The SMILES string of the molecule is Cc1ccc(F)cc1NC(=O)c1ccc(Cn2nc(N3CCN(c4ccccc4)CC3)ccc2=O)o1. The van der Waals surface area contributed by atoms with Crippen LogP contribution in [0.2, 0.25) is 0 Å². The number of amides is 1. The maximum Gasteiger partial charge on any atom is 0.291 e. The lowest BCUT2D eigenvalue weighted by molar-refractivity contribution is 0.0994. The molecular formula is C27H26FN5O3. The van der Waals surface area contributed by atoms with Gasteiger partial charge in [0.05, 0.1) is 0 Å². The van der Waals surface area contributed by atoms with E-state index in [1.54, 1.807) is 25.1 Å². The predicted molar refractivity (Wildman–Crippen MR) is 136 cm³/mol. The van der Waals surface area contributed by atoms with E-state index in [0.29, 0.717) is 17.3 Å². The summed E-state index contributed by atoms with van der Waals surface area (Å²) in [7, 11) is 0. The number of nitrogens with zero attached hydrogens (tertiary/aromatic N) is 4. The lowest BCUT2D eigenvalue weighted by Crippen LogP contribution is -2.47. The van der Waals surface area contributed by atoms with Crippen molar-refractivity contribution in [2.24, 2.45) is 0 Å². The number of nitrogens with one attached hydrogen (secondary N) is 1. The van der Waals surface area contributed by atoms with Crippen LogP contribution in [-0.4, -0.2) is 41.9 Å². The standard InChI is InChI=1S/C27H26FN5O3/c1-19-7-8-20(28)17-23(19)29-27(35)24-10-9-22(36-24)18-33-26(34)12-11-25(30-33)32-15-13-31(14-16-32)21-5-3-2-4-6-21/h2-12,17H,13-16,18H2,1H3,(H,29,35). The number of piperazine rings is 1. The highest BCUT2D eigenvalue weighted by Crippen LogP contribution is 2.20. The van der Waals surface area contributed by atoms with Crippen LogP contribution >= 0.6 is 0 Å². The third kappa shape index (κ3) is 5.14. The summed E-state index contributed by atoms with van der Waals surface area (Å²) in [6.45, 7) is 5.13. The first-order chi connectivity index (χ1) is 17.5. The van der Waals surface area contributed by atoms with E-state index in [1.807, 2.05) is 18.2 Å². The van der Waals surface area contributed by atoms with Gasteiger partial charge in [-0.25, -0.2) is 9.07 Å². The van der Waals surface area contributed by atoms with Crippen LogP contribution in [0.25, 0.3) is 0 Å². The molecule has 5 rings (SSSR count). The van der Waals surface area contributed by atoms with Gasteiger partial charge in [0, 0.05) is 43.6 Å². The fourth-order valence-corrected chi connectivity index (χ4v) is 4.20. The Morgan fingerprint density at radius 2 is 1.72 bits per heavy atom. The summed E-state index contributed by atoms with van der Waals surface area (Å²) in [5.41, 5.74) is 2.03. The van der Waals surface area contributed by atoms with E-state index in [-0.39, 0.29) is 17.9 Å². The summed E-state index contributed by atoms with van der Waals surface area (Å²) >= 11 is 0. The average molecular weight is 488 g/mol. The van der Waals surface area contributed by atoms with Gasteiger partial charge in [0.1, 0.15) is 23.9 Å². The largest absolute Gasteiger partial charge is 0.454 e. The normalized spacial score (nSPS) is 13.6. The van der Waals surface area contributed by atoms with Crippen molar-refractivity contribution in [3.63, 3.8) is 0 Å². The number of aromatic nitrogens is 2. The highest BCUT2D eigenvalue weighted by molar-refractivity contribution is 6.02. The van der Waals surface area contributed by atoms with Crippen LogP contribution < -0.4 is 20.7 Å². The Kier molecular flexibility index (Phi) is 6.53. The summed E-state index contributed by atoms with van der Waals surface area (Å²) in [6.07, 6.45) is 0. The number of halogens is 1. The average Bonchev–Trinajstić information content (AvgIpc) is 3.37. The topological polar surface area (TPSA) is 83.6 Å². The van der Waals surface area contributed by atoms with Gasteiger partial charge in [-0.1, -0.05) is 24.3 Å². The van der Waals surface area contributed by atoms with E-state index in [0.717, 1.165) is 31.7 Å². The molecular weight excluding hydrogens is 461 g/mol. The molecule has 4 aromatic rings. The molecule has 0 atom stereocenters. The summed E-state index contributed by atoms with van der Waals surface area (Å²) in [5.74, 6) is 0.253. The summed E-state index contributed by atoms with van der Waals surface area (Å²) in [6, 6.07) is 20.8. The molecule has 184 valence electrons. The van der Waals surface area contributed by atoms with Crippen molar-refractivity contribution in [3.05, 3.63) is 106 Å². The minimum absolute atomic E-state index is 0.0647. The van der Waals surface area contributed by atoms with Gasteiger partial charge in [-0.2, -0.15) is 5.10 Å². The lowest BCUT2D eigenvalue weighted by Gasteiger charge is -2.36. The van der Waals surface area contributed by atoms with Crippen LogP contribution in [0.4, 0.5) is 21.6 Å². The van der Waals surface area contributed by atoms with Crippen molar-refractivity contribution in [3.8, 4) is 0 Å². The summed E-state index contributed by atoms with van der Waals surface area (Å²) < 4.78 is 20.5. The molecule has 36 heavy (non-hydrogen) atoms. The van der Waals surface area contributed by atoms with Gasteiger partial charge in [0.2, 0.25) is 0 Å². The second-order valence-corrected chi connectivity index (χ2v) is 8.68. The molecule has 3 heterocycles. The van der Waals surface area contributed by atoms with Crippen LogP contribution in [0.15, 0.2) is 82.0 Å². The molecule has 2 aromatic heterocycles. The van der Waals surface area contributed by atoms with E-state index < -0.39 is 11.7 Å². The first-order valence-corrected chi connectivity index (χ1v) is 11.8. The van der Waals surface area contributed by atoms with Gasteiger partial charge in [0.15, 0.2) is 5.76 Å². The molecule has 0 saturated carbocycles. The molecule has 1 amide bonds. The number of furan rings is 1. The number of aryl methyl sites for hydroxylation is 1. The number of anilines is 3. The molecule has 1 aliphatic rings. The van der Waals surface area contributed by atoms with Crippen LogP contribution in [0.1, 0.15) is 21.9 Å². The lowest BCUT2D eigenvalue weighted by atomic mass is 10.2. The van der Waals surface area contributed by atoms with Gasteiger partial charge >= 0.3 is 0 Å². The third-order valence-electron chi connectivity index (χ3n) is 6.22. The smallest absolute Gasteiger partial charge is 0.291 e. The van der Waals surface area contributed by atoms with Crippen LogP contribution in [-0.2, 0) is 6.54 Å². The molecule has 1 aliphatic heterocycles. The number of hydrogen-bond donors (Lipinski definition) is 1. The van der Waals surface area contributed by atoms with Crippen molar-refractivity contribution in [2.45, 2.75) is 13.5 Å². The van der Waals surface area contributed by atoms with Gasteiger partial charge in [-0.15, -0.1) is 0 Å². The molecule has 9 heteroatoms.